The number of benzene rings is 2. The minimum atomic E-state index is -0.643. The molecule has 196 valence electrons. The van der Waals surface area contributed by atoms with Gasteiger partial charge in [0.05, 0.1) is 23.5 Å². The second-order valence-electron chi connectivity index (χ2n) is 11.2. The van der Waals surface area contributed by atoms with E-state index >= 15 is 0 Å². The molecule has 1 aliphatic rings. The Hall–Kier alpha value is -3.68. The van der Waals surface area contributed by atoms with Gasteiger partial charge >= 0.3 is 6.09 Å². The van der Waals surface area contributed by atoms with Crippen molar-refractivity contribution in [1.29, 1.82) is 0 Å². The van der Waals surface area contributed by atoms with Crippen LogP contribution in [0.25, 0.3) is 11.3 Å². The molecule has 3 aromatic rings. The maximum atomic E-state index is 13.7. The van der Waals surface area contributed by atoms with Crippen LogP contribution in [0.5, 0.6) is 0 Å². The fourth-order valence-electron chi connectivity index (χ4n) is 4.74. The Morgan fingerprint density at radius 3 is 2.35 bits per heavy atom. The van der Waals surface area contributed by atoms with Gasteiger partial charge in [0, 0.05) is 18.5 Å². The number of nitrogens with zero attached hydrogens (tertiary/aromatic N) is 3. The Bertz CT molecular complexity index is 1290. The average molecular weight is 507 g/mol. The van der Waals surface area contributed by atoms with Gasteiger partial charge in [0.1, 0.15) is 23.8 Å². The van der Waals surface area contributed by atoms with Crippen molar-refractivity contribution >= 4 is 12.0 Å². The van der Waals surface area contributed by atoms with E-state index in [1.54, 1.807) is 37.8 Å². The summed E-state index contributed by atoms with van der Waals surface area (Å²) in [5.41, 5.74) is 3.86. The van der Waals surface area contributed by atoms with Crippen molar-refractivity contribution in [2.45, 2.75) is 65.6 Å². The molecule has 2 heterocycles. The number of rotatable bonds is 5. The molecule has 0 fully saturated rings. The van der Waals surface area contributed by atoms with E-state index in [4.69, 9.17) is 9.72 Å². The van der Waals surface area contributed by atoms with Crippen molar-refractivity contribution in [2.24, 2.45) is 0 Å². The van der Waals surface area contributed by atoms with Crippen molar-refractivity contribution in [3.8, 4) is 11.3 Å². The van der Waals surface area contributed by atoms with E-state index in [0.717, 1.165) is 28.3 Å². The third-order valence-electron chi connectivity index (χ3n) is 6.30. The van der Waals surface area contributed by atoms with Crippen LogP contribution < -0.4 is 5.32 Å². The van der Waals surface area contributed by atoms with E-state index in [9.17, 15) is 14.0 Å². The number of hydrogen-bond donors (Lipinski definition) is 1. The number of amides is 2. The highest BCUT2D eigenvalue weighted by molar-refractivity contribution is 5.82. The molecule has 0 saturated carbocycles. The normalized spacial score (nSPS) is 14.7. The van der Waals surface area contributed by atoms with Crippen LogP contribution in [0.1, 0.15) is 57.3 Å². The molecule has 0 radical (unpaired) electrons. The molecule has 8 heteroatoms. The van der Waals surface area contributed by atoms with E-state index in [-0.39, 0.29) is 18.3 Å². The Morgan fingerprint density at radius 1 is 1.08 bits per heavy atom. The van der Waals surface area contributed by atoms with Crippen LogP contribution in [-0.2, 0) is 28.0 Å². The largest absolute Gasteiger partial charge is 0.444 e. The number of carbonyl (C=O) groups is 2. The summed E-state index contributed by atoms with van der Waals surface area (Å²) in [7, 11) is 0. The van der Waals surface area contributed by atoms with Crippen molar-refractivity contribution in [2.75, 3.05) is 13.1 Å². The first-order valence-electron chi connectivity index (χ1n) is 12.5. The predicted octanol–water partition coefficient (Wildman–Crippen LogP) is 5.19. The van der Waals surface area contributed by atoms with Gasteiger partial charge in [-0.2, -0.15) is 0 Å². The van der Waals surface area contributed by atoms with Crippen LogP contribution >= 0.6 is 0 Å². The van der Waals surface area contributed by atoms with Crippen LogP contribution in [0.4, 0.5) is 9.18 Å². The van der Waals surface area contributed by atoms with Gasteiger partial charge in [-0.3, -0.25) is 4.79 Å². The SMILES string of the molecule is Cc1ccc(Cc2c(-c3ccc(F)cc3)nc3n2C(C)(C)CN(C(=O)CNC(=O)OC(C)(C)C)C3)cc1. The third kappa shape index (κ3) is 6.18. The number of fused-ring (bicyclic) bond motifs is 1. The molecule has 2 amide bonds. The summed E-state index contributed by atoms with van der Waals surface area (Å²) in [5.74, 6) is 0.238. The summed E-state index contributed by atoms with van der Waals surface area (Å²) in [4.78, 5) is 31.8. The molecule has 1 aromatic heterocycles. The van der Waals surface area contributed by atoms with E-state index in [1.165, 1.54) is 17.7 Å². The maximum absolute atomic E-state index is 13.7. The quantitative estimate of drug-likeness (QED) is 0.517. The molecular formula is C29H35FN4O3. The number of aryl methyl sites for hydroxylation is 1. The number of ether oxygens (including phenoxy) is 1. The lowest BCUT2D eigenvalue weighted by Gasteiger charge is -2.41. The van der Waals surface area contributed by atoms with Crippen LogP contribution in [0.2, 0.25) is 0 Å². The number of carbonyl (C=O) groups excluding carboxylic acids is 2. The average Bonchev–Trinajstić information content (AvgIpc) is 3.17. The van der Waals surface area contributed by atoms with E-state index in [1.807, 2.05) is 0 Å². The molecule has 1 N–H and O–H groups in total. The lowest BCUT2D eigenvalue weighted by Crippen LogP contribution is -2.52. The number of hydrogen-bond acceptors (Lipinski definition) is 4. The predicted molar refractivity (Wildman–Crippen MR) is 141 cm³/mol. The zero-order valence-corrected chi connectivity index (χ0v) is 22.4. The topological polar surface area (TPSA) is 76.5 Å². The fraction of sp³-hybridized carbons (Fsp3) is 0.414. The zero-order chi connectivity index (χ0) is 27.0. The number of alkyl carbamates (subject to hydrolysis) is 1. The molecule has 7 nitrogen and oxygen atoms in total. The molecule has 4 rings (SSSR count). The molecule has 0 aliphatic carbocycles. The molecule has 0 atom stereocenters. The van der Waals surface area contributed by atoms with E-state index in [2.05, 4.69) is 54.9 Å². The molecule has 0 spiro atoms. The fourth-order valence-corrected chi connectivity index (χ4v) is 4.74. The molecule has 1 aliphatic heterocycles. The first-order valence-corrected chi connectivity index (χ1v) is 12.5. The Labute approximate surface area is 217 Å². The summed E-state index contributed by atoms with van der Waals surface area (Å²) in [6.45, 7) is 12.1. The minimum absolute atomic E-state index is 0.160. The highest BCUT2D eigenvalue weighted by atomic mass is 19.1. The molecule has 0 unspecified atom stereocenters. The third-order valence-corrected chi connectivity index (χ3v) is 6.30. The first kappa shape index (κ1) is 26.4. The summed E-state index contributed by atoms with van der Waals surface area (Å²) in [5, 5.41) is 2.56. The van der Waals surface area contributed by atoms with Gasteiger partial charge in [0.2, 0.25) is 5.91 Å². The van der Waals surface area contributed by atoms with Gasteiger partial charge in [-0.15, -0.1) is 0 Å². The first-order chi connectivity index (χ1) is 17.3. The van der Waals surface area contributed by atoms with Gasteiger partial charge in [-0.1, -0.05) is 29.8 Å². The van der Waals surface area contributed by atoms with Crippen LogP contribution in [-0.4, -0.2) is 45.1 Å². The van der Waals surface area contributed by atoms with Crippen LogP contribution in [0.3, 0.4) is 0 Å². The van der Waals surface area contributed by atoms with Gasteiger partial charge < -0.3 is 19.5 Å². The molecule has 0 bridgehead atoms. The monoisotopic (exact) mass is 506 g/mol. The smallest absolute Gasteiger partial charge is 0.408 e. The van der Waals surface area contributed by atoms with Gasteiger partial charge in [-0.25, -0.2) is 14.2 Å². The number of aromatic nitrogens is 2. The number of nitrogens with one attached hydrogen (secondary N) is 1. The van der Waals surface area contributed by atoms with E-state index in [0.29, 0.717) is 19.5 Å². The lowest BCUT2D eigenvalue weighted by molar-refractivity contribution is -0.133. The second kappa shape index (κ2) is 10.00. The lowest BCUT2D eigenvalue weighted by atomic mass is 9.97. The number of halogens is 1. The van der Waals surface area contributed by atoms with Crippen molar-refractivity contribution < 1.29 is 18.7 Å². The molecule has 2 aromatic carbocycles. The highest BCUT2D eigenvalue weighted by Gasteiger charge is 2.37. The Kier molecular flexibility index (Phi) is 7.13. The minimum Gasteiger partial charge on any atom is -0.444 e. The standard InChI is InChI=1S/C29H35FN4O3/c1-19-7-9-20(10-8-19)15-23-26(21-11-13-22(30)14-12-21)32-24-17-33(18-29(5,6)34(23)24)25(35)16-31-27(36)37-28(2,3)4/h7-14H,15-18H2,1-6H3,(H,31,36). The van der Waals surface area contributed by atoms with Gasteiger partial charge in [-0.05, 0) is 71.4 Å². The van der Waals surface area contributed by atoms with Gasteiger partial charge in [0.15, 0.2) is 0 Å². The zero-order valence-electron chi connectivity index (χ0n) is 22.4. The van der Waals surface area contributed by atoms with Crippen molar-refractivity contribution in [1.82, 2.24) is 19.8 Å². The van der Waals surface area contributed by atoms with Gasteiger partial charge in [0.25, 0.3) is 0 Å². The Morgan fingerprint density at radius 2 is 1.73 bits per heavy atom. The summed E-state index contributed by atoms with van der Waals surface area (Å²) < 4.78 is 21.2. The maximum Gasteiger partial charge on any atom is 0.408 e. The summed E-state index contributed by atoms with van der Waals surface area (Å²) in [6.07, 6.45) is 0.0231. The molecule has 37 heavy (non-hydrogen) atoms. The second-order valence-corrected chi connectivity index (χ2v) is 11.2. The van der Waals surface area contributed by atoms with Crippen molar-refractivity contribution in [3.63, 3.8) is 0 Å². The highest BCUT2D eigenvalue weighted by Crippen LogP contribution is 2.35. The Balaban J connectivity index is 1.65. The van der Waals surface area contributed by atoms with Crippen LogP contribution in [0, 0.1) is 12.7 Å². The van der Waals surface area contributed by atoms with Crippen LogP contribution in [0.15, 0.2) is 48.5 Å². The molecular weight excluding hydrogens is 471 g/mol. The van der Waals surface area contributed by atoms with E-state index < -0.39 is 17.2 Å². The van der Waals surface area contributed by atoms with Crippen molar-refractivity contribution in [3.05, 3.63) is 77.0 Å². The molecule has 0 saturated heterocycles. The summed E-state index contributed by atoms with van der Waals surface area (Å²) >= 11 is 0. The summed E-state index contributed by atoms with van der Waals surface area (Å²) in [6, 6.07) is 14.7. The number of imidazole rings is 1.